The summed E-state index contributed by atoms with van der Waals surface area (Å²) in [4.78, 5) is 26.5. The van der Waals surface area contributed by atoms with Crippen molar-refractivity contribution >= 4 is 27.6 Å². The Balaban J connectivity index is 1.39. The van der Waals surface area contributed by atoms with Gasteiger partial charge in [-0.3, -0.25) is 9.36 Å². The van der Waals surface area contributed by atoms with Crippen molar-refractivity contribution in [2.24, 2.45) is 0 Å². The number of nitrogens with one attached hydrogen (secondary N) is 1. The molecule has 2 aromatic rings. The molecule has 0 spiro atoms. The fourth-order valence-corrected chi connectivity index (χ4v) is 5.35. The Bertz CT molecular complexity index is 970. The van der Waals surface area contributed by atoms with Gasteiger partial charge in [-0.05, 0) is 52.2 Å². The van der Waals surface area contributed by atoms with Crippen LogP contribution in [0.4, 0.5) is 9.18 Å². The number of piperidine rings is 1. The van der Waals surface area contributed by atoms with Crippen LogP contribution in [0, 0.1) is 5.82 Å². The maximum absolute atomic E-state index is 14.7. The van der Waals surface area contributed by atoms with Gasteiger partial charge in [0.2, 0.25) is 0 Å². The lowest BCUT2D eigenvalue weighted by atomic mass is 9.90. The van der Waals surface area contributed by atoms with Crippen LogP contribution in [-0.4, -0.2) is 46.8 Å². The average molecular weight is 422 g/mol. The molecule has 0 saturated carbocycles. The van der Waals surface area contributed by atoms with Crippen molar-refractivity contribution in [1.82, 2.24) is 14.8 Å². The minimum Gasteiger partial charge on any atom is -0.444 e. The van der Waals surface area contributed by atoms with Crippen molar-refractivity contribution < 1.29 is 13.9 Å². The number of benzene rings is 1. The SMILES string of the molecule is CC(C)(C)OC(=O)NC1CCN(CC2CCn3c(=O)sc4ccc(F)c2c43)CC1. The van der Waals surface area contributed by atoms with E-state index in [0.717, 1.165) is 49.1 Å². The van der Waals surface area contributed by atoms with Crippen LogP contribution in [0.3, 0.4) is 0 Å². The maximum Gasteiger partial charge on any atom is 0.407 e. The summed E-state index contributed by atoms with van der Waals surface area (Å²) in [5, 5.41) is 2.96. The number of aromatic nitrogens is 1. The number of amides is 1. The second kappa shape index (κ2) is 7.72. The average Bonchev–Trinajstić information content (AvgIpc) is 2.96. The van der Waals surface area contributed by atoms with Gasteiger partial charge in [0, 0.05) is 43.7 Å². The minimum atomic E-state index is -0.501. The number of aryl methyl sites for hydroxylation is 1. The molecule has 6 nitrogen and oxygen atoms in total. The number of hydrogen-bond donors (Lipinski definition) is 1. The summed E-state index contributed by atoms with van der Waals surface area (Å²) in [5.74, 6) is -0.127. The molecule has 1 aromatic heterocycles. The lowest BCUT2D eigenvalue weighted by molar-refractivity contribution is 0.0477. The highest BCUT2D eigenvalue weighted by atomic mass is 32.1. The van der Waals surface area contributed by atoms with Crippen molar-refractivity contribution in [2.75, 3.05) is 19.6 Å². The molecule has 0 bridgehead atoms. The van der Waals surface area contributed by atoms with Crippen molar-refractivity contribution in [3.63, 3.8) is 0 Å². The molecule has 29 heavy (non-hydrogen) atoms. The fraction of sp³-hybridized carbons (Fsp3) is 0.619. The molecule has 2 aliphatic rings. The molecule has 158 valence electrons. The molecule has 3 heterocycles. The van der Waals surface area contributed by atoms with Crippen LogP contribution < -0.4 is 10.2 Å². The van der Waals surface area contributed by atoms with E-state index in [0.29, 0.717) is 12.1 Å². The van der Waals surface area contributed by atoms with Crippen LogP contribution >= 0.6 is 11.3 Å². The number of thiazole rings is 1. The van der Waals surface area contributed by atoms with Crippen LogP contribution in [0.1, 0.15) is 51.5 Å². The van der Waals surface area contributed by atoms with Gasteiger partial charge in [-0.25, -0.2) is 9.18 Å². The quantitative estimate of drug-likeness (QED) is 0.821. The van der Waals surface area contributed by atoms with Gasteiger partial charge in [0.15, 0.2) is 0 Å². The van der Waals surface area contributed by atoms with Gasteiger partial charge in [0.25, 0.3) is 0 Å². The third-order valence-corrected chi connectivity index (χ3v) is 6.66. The Labute approximate surface area is 173 Å². The number of nitrogens with zero attached hydrogens (tertiary/aromatic N) is 2. The third kappa shape index (κ3) is 4.33. The lowest BCUT2D eigenvalue weighted by Gasteiger charge is -2.36. The van der Waals surface area contributed by atoms with Crippen molar-refractivity contribution in [2.45, 2.75) is 64.1 Å². The molecule has 1 saturated heterocycles. The van der Waals surface area contributed by atoms with E-state index in [2.05, 4.69) is 10.2 Å². The summed E-state index contributed by atoms with van der Waals surface area (Å²) in [5.41, 5.74) is 0.984. The predicted octanol–water partition coefficient (Wildman–Crippen LogP) is 3.68. The Morgan fingerprint density at radius 3 is 2.66 bits per heavy atom. The Morgan fingerprint density at radius 2 is 1.97 bits per heavy atom. The number of carbonyl (C=O) groups excluding carboxylic acids is 1. The van der Waals surface area contributed by atoms with Crippen LogP contribution in [-0.2, 0) is 11.3 Å². The first-order chi connectivity index (χ1) is 13.7. The number of halogens is 1. The molecule has 2 aliphatic heterocycles. The fourth-order valence-electron chi connectivity index (χ4n) is 4.41. The smallest absolute Gasteiger partial charge is 0.407 e. The molecule has 1 unspecified atom stereocenters. The first kappa shape index (κ1) is 20.3. The first-order valence-electron chi connectivity index (χ1n) is 10.2. The van der Waals surface area contributed by atoms with Gasteiger partial charge in [-0.1, -0.05) is 11.3 Å². The van der Waals surface area contributed by atoms with E-state index in [1.807, 2.05) is 20.8 Å². The minimum absolute atomic E-state index is 0.000619. The number of carbonyl (C=O) groups is 1. The van der Waals surface area contributed by atoms with Crippen molar-refractivity contribution in [3.8, 4) is 0 Å². The predicted molar refractivity (Wildman–Crippen MR) is 112 cm³/mol. The largest absolute Gasteiger partial charge is 0.444 e. The van der Waals surface area contributed by atoms with Crippen LogP contribution in [0.5, 0.6) is 0 Å². The number of ether oxygens (including phenoxy) is 1. The van der Waals surface area contributed by atoms with Gasteiger partial charge in [0.05, 0.1) is 10.2 Å². The van der Waals surface area contributed by atoms with Crippen LogP contribution in [0.25, 0.3) is 10.2 Å². The molecule has 1 aromatic carbocycles. The Hall–Kier alpha value is -1.93. The molecule has 1 N–H and O–H groups in total. The zero-order valence-electron chi connectivity index (χ0n) is 17.2. The molecular formula is C21H28FN3O3S. The number of likely N-dealkylation sites (tertiary alicyclic amines) is 1. The highest BCUT2D eigenvalue weighted by Gasteiger charge is 2.30. The van der Waals surface area contributed by atoms with E-state index >= 15 is 0 Å². The Morgan fingerprint density at radius 1 is 1.24 bits per heavy atom. The lowest BCUT2D eigenvalue weighted by Crippen LogP contribution is -2.47. The molecule has 1 fully saturated rings. The number of hydrogen-bond acceptors (Lipinski definition) is 5. The standard InChI is InChI=1S/C21H28FN3O3S/c1-21(2,3)28-19(26)23-14-7-9-24(10-8-14)12-13-6-11-25-18-16(29-20(25)27)5-4-15(22)17(13)18/h4-5,13-14H,6-12H2,1-3H3,(H,23,26). The molecule has 1 atom stereocenters. The molecule has 0 aliphatic carbocycles. The van der Waals surface area contributed by atoms with E-state index < -0.39 is 5.60 Å². The number of alkyl carbamates (subject to hydrolysis) is 1. The normalized spacial score (nSPS) is 20.8. The maximum atomic E-state index is 14.7. The molecule has 8 heteroatoms. The highest BCUT2D eigenvalue weighted by molar-refractivity contribution is 7.16. The molecule has 0 radical (unpaired) electrons. The van der Waals surface area contributed by atoms with E-state index in [9.17, 15) is 14.0 Å². The zero-order valence-corrected chi connectivity index (χ0v) is 18.0. The first-order valence-corrected chi connectivity index (χ1v) is 11.1. The zero-order chi connectivity index (χ0) is 20.8. The molecule has 4 rings (SSSR count). The second-order valence-electron chi connectivity index (χ2n) is 9.03. The summed E-state index contributed by atoms with van der Waals surface area (Å²) in [6, 6.07) is 3.31. The van der Waals surface area contributed by atoms with E-state index in [-0.39, 0.29) is 28.7 Å². The van der Waals surface area contributed by atoms with Crippen molar-refractivity contribution in [1.29, 1.82) is 0 Å². The van der Waals surface area contributed by atoms with Gasteiger partial charge >= 0.3 is 11.0 Å². The van der Waals surface area contributed by atoms with Crippen molar-refractivity contribution in [3.05, 3.63) is 33.2 Å². The highest BCUT2D eigenvalue weighted by Crippen LogP contribution is 2.36. The topological polar surface area (TPSA) is 63.6 Å². The van der Waals surface area contributed by atoms with E-state index in [1.165, 1.54) is 17.4 Å². The second-order valence-corrected chi connectivity index (χ2v) is 10.0. The molecular weight excluding hydrogens is 393 g/mol. The summed E-state index contributed by atoms with van der Waals surface area (Å²) in [7, 11) is 0. The van der Waals surface area contributed by atoms with Gasteiger partial charge < -0.3 is 15.0 Å². The Kier molecular flexibility index (Phi) is 5.42. The van der Waals surface area contributed by atoms with E-state index in [4.69, 9.17) is 4.74 Å². The monoisotopic (exact) mass is 421 g/mol. The van der Waals surface area contributed by atoms with Gasteiger partial charge in [-0.2, -0.15) is 0 Å². The summed E-state index contributed by atoms with van der Waals surface area (Å²) < 4.78 is 22.6. The van der Waals surface area contributed by atoms with Gasteiger partial charge in [-0.15, -0.1) is 0 Å². The number of rotatable bonds is 3. The van der Waals surface area contributed by atoms with Crippen LogP contribution in [0.2, 0.25) is 0 Å². The summed E-state index contributed by atoms with van der Waals surface area (Å²) >= 11 is 1.20. The van der Waals surface area contributed by atoms with E-state index in [1.54, 1.807) is 10.6 Å². The van der Waals surface area contributed by atoms with Crippen LogP contribution in [0.15, 0.2) is 16.9 Å². The molecule has 1 amide bonds. The third-order valence-electron chi connectivity index (χ3n) is 5.71. The summed E-state index contributed by atoms with van der Waals surface area (Å²) in [6.45, 7) is 8.69. The summed E-state index contributed by atoms with van der Waals surface area (Å²) in [6.07, 6.45) is 2.10. The van der Waals surface area contributed by atoms with Gasteiger partial charge in [0.1, 0.15) is 11.4 Å².